The van der Waals surface area contributed by atoms with Crippen molar-refractivity contribution in [1.29, 1.82) is 0 Å². The van der Waals surface area contributed by atoms with Crippen LogP contribution in [0, 0.1) is 5.92 Å². The highest BCUT2D eigenvalue weighted by atomic mass is 16.3. The van der Waals surface area contributed by atoms with Crippen LogP contribution >= 0.6 is 0 Å². The maximum atomic E-state index is 10.0. The summed E-state index contributed by atoms with van der Waals surface area (Å²) in [5, 5.41) is 14.6. The van der Waals surface area contributed by atoms with Crippen molar-refractivity contribution < 1.29 is 5.11 Å². The fraction of sp³-hybridized carbons (Fsp3) is 0.438. The summed E-state index contributed by atoms with van der Waals surface area (Å²) in [6.45, 7) is 0.810. The van der Waals surface area contributed by atoms with Gasteiger partial charge in [0.2, 0.25) is 0 Å². The molecule has 3 rings (SSSR count). The molecule has 1 aliphatic rings. The third kappa shape index (κ3) is 2.70. The Balaban J connectivity index is 1.77. The van der Waals surface area contributed by atoms with E-state index in [1.165, 1.54) is 6.42 Å². The van der Waals surface area contributed by atoms with E-state index in [2.05, 4.69) is 10.3 Å². The minimum absolute atomic E-state index is 0.167. The van der Waals surface area contributed by atoms with E-state index in [1.807, 2.05) is 24.3 Å². The molecule has 1 fully saturated rings. The van der Waals surface area contributed by atoms with Crippen LogP contribution in [0.3, 0.4) is 0 Å². The zero-order valence-corrected chi connectivity index (χ0v) is 11.5. The lowest BCUT2D eigenvalue weighted by Crippen LogP contribution is -2.30. The predicted octanol–water partition coefficient (Wildman–Crippen LogP) is 2.78. The molecule has 1 aromatic carbocycles. The molecular weight excluding hydrogens is 250 g/mol. The smallest absolute Gasteiger partial charge is 0.0743 e. The molecular formula is C16H21N3O. The van der Waals surface area contributed by atoms with E-state index < -0.39 is 0 Å². The van der Waals surface area contributed by atoms with Crippen molar-refractivity contribution in [2.45, 2.75) is 31.8 Å². The molecule has 4 N–H and O–H groups in total. The van der Waals surface area contributed by atoms with Crippen molar-refractivity contribution in [2.24, 2.45) is 5.92 Å². The summed E-state index contributed by atoms with van der Waals surface area (Å²) in [6, 6.07) is 7.76. The van der Waals surface area contributed by atoms with Gasteiger partial charge < -0.3 is 16.2 Å². The Bertz CT molecular complexity index is 599. The van der Waals surface area contributed by atoms with Gasteiger partial charge in [0, 0.05) is 35.4 Å². The summed E-state index contributed by atoms with van der Waals surface area (Å²) in [5.41, 5.74) is 8.48. The Morgan fingerprint density at radius 2 is 2.10 bits per heavy atom. The molecule has 4 nitrogen and oxygen atoms in total. The number of anilines is 2. The molecule has 20 heavy (non-hydrogen) atoms. The van der Waals surface area contributed by atoms with E-state index in [0.29, 0.717) is 5.92 Å². The number of nitrogen functional groups attached to an aromatic ring is 1. The topological polar surface area (TPSA) is 71.2 Å². The highest BCUT2D eigenvalue weighted by Gasteiger charge is 2.22. The molecule has 1 aliphatic carbocycles. The zero-order chi connectivity index (χ0) is 13.9. The van der Waals surface area contributed by atoms with Gasteiger partial charge in [0.25, 0.3) is 0 Å². The molecule has 1 saturated carbocycles. The number of aromatic nitrogens is 1. The van der Waals surface area contributed by atoms with Gasteiger partial charge in [-0.3, -0.25) is 4.98 Å². The van der Waals surface area contributed by atoms with E-state index in [4.69, 9.17) is 5.73 Å². The second-order valence-electron chi connectivity index (χ2n) is 5.63. The summed E-state index contributed by atoms with van der Waals surface area (Å²) >= 11 is 0. The largest absolute Gasteiger partial charge is 0.399 e. The van der Waals surface area contributed by atoms with Crippen molar-refractivity contribution >= 4 is 22.3 Å². The summed E-state index contributed by atoms with van der Waals surface area (Å²) < 4.78 is 0. The number of aliphatic hydroxyl groups is 1. The Labute approximate surface area is 119 Å². The van der Waals surface area contributed by atoms with Crippen molar-refractivity contribution in [1.82, 2.24) is 4.98 Å². The quantitative estimate of drug-likeness (QED) is 0.751. The first-order chi connectivity index (χ1) is 9.74. The van der Waals surface area contributed by atoms with Gasteiger partial charge >= 0.3 is 0 Å². The Hall–Kier alpha value is -1.81. The van der Waals surface area contributed by atoms with Crippen LogP contribution in [0.1, 0.15) is 25.7 Å². The molecule has 1 heterocycles. The summed E-state index contributed by atoms with van der Waals surface area (Å²) in [4.78, 5) is 4.34. The van der Waals surface area contributed by atoms with Gasteiger partial charge in [0.15, 0.2) is 0 Å². The fourth-order valence-corrected chi connectivity index (χ4v) is 2.99. The molecule has 0 amide bonds. The Morgan fingerprint density at radius 3 is 2.95 bits per heavy atom. The van der Waals surface area contributed by atoms with E-state index in [-0.39, 0.29) is 6.10 Å². The minimum Gasteiger partial charge on any atom is -0.399 e. The second-order valence-corrected chi connectivity index (χ2v) is 5.63. The fourth-order valence-electron chi connectivity index (χ4n) is 2.99. The van der Waals surface area contributed by atoms with Gasteiger partial charge in [-0.25, -0.2) is 0 Å². The number of aliphatic hydroxyl groups excluding tert-OH is 1. The van der Waals surface area contributed by atoms with Gasteiger partial charge in [-0.05, 0) is 37.1 Å². The average Bonchev–Trinajstić information content (AvgIpc) is 2.46. The molecule has 4 heteroatoms. The van der Waals surface area contributed by atoms with Gasteiger partial charge in [0.05, 0.1) is 11.6 Å². The van der Waals surface area contributed by atoms with Gasteiger partial charge in [-0.1, -0.05) is 12.8 Å². The number of hydrogen-bond donors (Lipinski definition) is 3. The Morgan fingerprint density at radius 1 is 1.25 bits per heavy atom. The number of hydrogen-bond acceptors (Lipinski definition) is 4. The SMILES string of the molecule is Nc1ccc2c(NCC3CCCCC3O)ccnc2c1. The van der Waals surface area contributed by atoms with Crippen molar-refractivity contribution in [3.05, 3.63) is 30.5 Å². The summed E-state index contributed by atoms with van der Waals surface area (Å²) in [6.07, 6.45) is 6.03. The highest BCUT2D eigenvalue weighted by molar-refractivity contribution is 5.92. The first-order valence-electron chi connectivity index (χ1n) is 7.30. The lowest BCUT2D eigenvalue weighted by Gasteiger charge is -2.28. The number of nitrogens with one attached hydrogen (secondary N) is 1. The number of nitrogens with zero attached hydrogens (tertiary/aromatic N) is 1. The maximum Gasteiger partial charge on any atom is 0.0743 e. The molecule has 0 saturated heterocycles. The van der Waals surface area contributed by atoms with Gasteiger partial charge in [0.1, 0.15) is 0 Å². The number of nitrogens with two attached hydrogens (primary N) is 1. The third-order valence-corrected chi connectivity index (χ3v) is 4.19. The molecule has 0 radical (unpaired) electrons. The third-order valence-electron chi connectivity index (χ3n) is 4.19. The molecule has 2 aromatic rings. The second kappa shape index (κ2) is 5.67. The Kier molecular flexibility index (Phi) is 3.74. The van der Waals surface area contributed by atoms with Crippen molar-refractivity contribution in [2.75, 3.05) is 17.6 Å². The molecule has 0 bridgehead atoms. The van der Waals surface area contributed by atoms with Crippen LogP contribution in [0.2, 0.25) is 0 Å². The van der Waals surface area contributed by atoms with Gasteiger partial charge in [-0.2, -0.15) is 0 Å². The van der Waals surface area contributed by atoms with Crippen LogP contribution in [-0.2, 0) is 0 Å². The minimum atomic E-state index is -0.167. The molecule has 2 unspecified atom stereocenters. The zero-order valence-electron chi connectivity index (χ0n) is 11.5. The average molecular weight is 271 g/mol. The maximum absolute atomic E-state index is 10.0. The lowest BCUT2D eigenvalue weighted by molar-refractivity contribution is 0.0763. The lowest BCUT2D eigenvalue weighted by atomic mass is 9.86. The monoisotopic (exact) mass is 271 g/mol. The summed E-state index contributed by atoms with van der Waals surface area (Å²) in [7, 11) is 0. The first-order valence-corrected chi connectivity index (χ1v) is 7.30. The number of benzene rings is 1. The first kappa shape index (κ1) is 13.2. The molecule has 2 atom stereocenters. The number of pyridine rings is 1. The standard InChI is InChI=1S/C16H21N3O/c17-12-5-6-13-14(7-8-18-15(13)9-12)19-10-11-3-1-2-4-16(11)20/h5-9,11,16,20H,1-4,10,17H2,(H,18,19). The van der Waals surface area contributed by atoms with Gasteiger partial charge in [-0.15, -0.1) is 0 Å². The molecule has 1 aromatic heterocycles. The van der Waals surface area contributed by atoms with Crippen LogP contribution in [0.4, 0.5) is 11.4 Å². The van der Waals surface area contributed by atoms with Crippen LogP contribution in [0.5, 0.6) is 0 Å². The molecule has 0 spiro atoms. The van der Waals surface area contributed by atoms with E-state index in [1.54, 1.807) is 6.20 Å². The van der Waals surface area contributed by atoms with Crippen LogP contribution in [0.25, 0.3) is 10.9 Å². The highest BCUT2D eigenvalue weighted by Crippen LogP contribution is 2.27. The van der Waals surface area contributed by atoms with E-state index >= 15 is 0 Å². The van der Waals surface area contributed by atoms with Crippen LogP contribution in [-0.4, -0.2) is 22.7 Å². The van der Waals surface area contributed by atoms with Crippen LogP contribution < -0.4 is 11.1 Å². The molecule has 106 valence electrons. The number of rotatable bonds is 3. The van der Waals surface area contributed by atoms with Crippen molar-refractivity contribution in [3.63, 3.8) is 0 Å². The predicted molar refractivity (Wildman–Crippen MR) is 82.6 cm³/mol. The van der Waals surface area contributed by atoms with Crippen molar-refractivity contribution in [3.8, 4) is 0 Å². The number of fused-ring (bicyclic) bond motifs is 1. The normalized spacial score (nSPS) is 22.9. The van der Waals surface area contributed by atoms with E-state index in [9.17, 15) is 5.11 Å². The summed E-state index contributed by atoms with van der Waals surface area (Å²) in [5.74, 6) is 0.348. The van der Waals surface area contributed by atoms with Crippen LogP contribution in [0.15, 0.2) is 30.5 Å². The van der Waals surface area contributed by atoms with E-state index in [0.717, 1.165) is 48.1 Å². The molecule has 0 aliphatic heterocycles.